The van der Waals surface area contributed by atoms with Gasteiger partial charge in [-0.15, -0.1) is 0 Å². The molecule has 0 radical (unpaired) electrons. The number of ether oxygens (including phenoxy) is 1. The van der Waals surface area contributed by atoms with Crippen molar-refractivity contribution in [1.82, 2.24) is 14.5 Å². The molecule has 1 aromatic carbocycles. The second-order valence-corrected chi connectivity index (χ2v) is 8.80. The van der Waals surface area contributed by atoms with E-state index in [0.29, 0.717) is 26.1 Å². The summed E-state index contributed by atoms with van der Waals surface area (Å²) in [7, 11) is 1.78. The molecule has 0 bridgehead atoms. The van der Waals surface area contributed by atoms with Crippen LogP contribution in [0.4, 0.5) is 4.79 Å². The van der Waals surface area contributed by atoms with Gasteiger partial charge in [-0.2, -0.15) is 0 Å². The molecule has 1 aliphatic rings. The second-order valence-electron chi connectivity index (χ2n) is 6.87. The van der Waals surface area contributed by atoms with Crippen LogP contribution >= 0.6 is 0 Å². The lowest BCUT2D eigenvalue weighted by Crippen LogP contribution is -2.45. The Morgan fingerprint density at radius 3 is 2.38 bits per heavy atom. The van der Waals surface area contributed by atoms with Crippen molar-refractivity contribution < 1.29 is 17.9 Å². The summed E-state index contributed by atoms with van der Waals surface area (Å²) in [5.41, 5.74) is 0.965. The van der Waals surface area contributed by atoms with E-state index in [4.69, 9.17) is 4.74 Å². The fourth-order valence-electron chi connectivity index (χ4n) is 2.97. The highest BCUT2D eigenvalue weighted by atomic mass is 32.2. The predicted octanol–water partition coefficient (Wildman–Crippen LogP) is 1.55. The number of nitrogens with one attached hydrogen (secondary N) is 1. The van der Waals surface area contributed by atoms with Crippen LogP contribution in [-0.2, 0) is 16.4 Å². The van der Waals surface area contributed by atoms with Crippen LogP contribution < -0.4 is 9.46 Å². The van der Waals surface area contributed by atoms with Crippen LogP contribution in [0.15, 0.2) is 24.3 Å². The molecule has 146 valence electrons. The molecule has 1 aromatic rings. The standard InChI is InChI=1S/C18H29N3O4S/c1-20(2)18(22)21-11-8-16(9-12-21)14-19-26(23,24)13-10-15-4-6-17(25-3)7-5-15/h4-7,16,19H,8-14H2,1-3H3. The molecule has 0 spiro atoms. The third-order valence-electron chi connectivity index (χ3n) is 4.68. The van der Waals surface area contributed by atoms with Crippen molar-refractivity contribution in [2.45, 2.75) is 19.3 Å². The number of carbonyl (C=O) groups is 1. The lowest BCUT2D eigenvalue weighted by atomic mass is 9.97. The Kier molecular flexibility index (Phi) is 7.28. The van der Waals surface area contributed by atoms with Gasteiger partial charge in [-0.25, -0.2) is 17.9 Å². The number of amides is 2. The molecule has 0 aliphatic carbocycles. The van der Waals surface area contributed by atoms with Gasteiger partial charge in [0.1, 0.15) is 5.75 Å². The van der Waals surface area contributed by atoms with Crippen molar-refractivity contribution in [2.24, 2.45) is 5.92 Å². The smallest absolute Gasteiger partial charge is 0.319 e. The number of aryl methyl sites for hydroxylation is 1. The number of carbonyl (C=O) groups excluding carboxylic acids is 1. The monoisotopic (exact) mass is 383 g/mol. The summed E-state index contributed by atoms with van der Waals surface area (Å²) in [4.78, 5) is 15.3. The molecule has 8 heteroatoms. The van der Waals surface area contributed by atoms with Crippen LogP contribution in [0.25, 0.3) is 0 Å². The first-order valence-corrected chi connectivity index (χ1v) is 10.5. The minimum absolute atomic E-state index is 0.0172. The van der Waals surface area contributed by atoms with E-state index in [9.17, 15) is 13.2 Å². The molecule has 7 nitrogen and oxygen atoms in total. The number of sulfonamides is 1. The molecule has 0 atom stereocenters. The maximum atomic E-state index is 12.2. The summed E-state index contributed by atoms with van der Waals surface area (Å²) in [6.45, 7) is 1.79. The molecule has 0 saturated carbocycles. The average molecular weight is 384 g/mol. The van der Waals surface area contributed by atoms with Crippen molar-refractivity contribution in [3.63, 3.8) is 0 Å². The molecule has 26 heavy (non-hydrogen) atoms. The van der Waals surface area contributed by atoms with Crippen molar-refractivity contribution in [3.05, 3.63) is 29.8 Å². The predicted molar refractivity (Wildman–Crippen MR) is 102 cm³/mol. The first kappa shape index (κ1) is 20.5. The highest BCUT2D eigenvalue weighted by Gasteiger charge is 2.24. The van der Waals surface area contributed by atoms with E-state index in [1.165, 1.54) is 0 Å². The van der Waals surface area contributed by atoms with Gasteiger partial charge in [-0.1, -0.05) is 12.1 Å². The highest BCUT2D eigenvalue weighted by Crippen LogP contribution is 2.17. The largest absolute Gasteiger partial charge is 0.497 e. The van der Waals surface area contributed by atoms with Gasteiger partial charge < -0.3 is 14.5 Å². The molecule has 2 rings (SSSR count). The summed E-state index contributed by atoms with van der Waals surface area (Å²) in [6, 6.07) is 7.44. The third kappa shape index (κ3) is 6.17. The van der Waals surface area contributed by atoms with Crippen LogP contribution in [0, 0.1) is 5.92 Å². The van der Waals surface area contributed by atoms with E-state index in [-0.39, 0.29) is 17.7 Å². The third-order valence-corrected chi connectivity index (χ3v) is 6.03. The molecule has 1 aliphatic heterocycles. The quantitative estimate of drug-likeness (QED) is 0.775. The number of hydrogen-bond acceptors (Lipinski definition) is 4. The fourth-order valence-corrected chi connectivity index (χ4v) is 4.11. The Labute approximate surface area is 156 Å². The summed E-state index contributed by atoms with van der Waals surface area (Å²) in [5, 5.41) is 0. The SMILES string of the molecule is COc1ccc(CCS(=O)(=O)NCC2CCN(C(=O)N(C)C)CC2)cc1. The Bertz CT molecular complexity index is 681. The van der Waals surface area contributed by atoms with Crippen LogP contribution in [0.3, 0.4) is 0 Å². The normalized spacial score (nSPS) is 15.7. The molecule has 2 amide bonds. The van der Waals surface area contributed by atoms with Crippen molar-refractivity contribution in [2.75, 3.05) is 46.6 Å². The number of likely N-dealkylation sites (tertiary alicyclic amines) is 1. The number of nitrogens with zero attached hydrogens (tertiary/aromatic N) is 2. The zero-order valence-corrected chi connectivity index (χ0v) is 16.6. The molecular formula is C18H29N3O4S. The summed E-state index contributed by atoms with van der Waals surface area (Å²) in [5.74, 6) is 1.10. The molecule has 1 saturated heterocycles. The maximum absolute atomic E-state index is 12.2. The van der Waals surface area contributed by atoms with Crippen molar-refractivity contribution in [3.8, 4) is 5.75 Å². The van der Waals surface area contributed by atoms with Crippen LogP contribution in [0.2, 0.25) is 0 Å². The highest BCUT2D eigenvalue weighted by molar-refractivity contribution is 7.89. The van der Waals surface area contributed by atoms with Gasteiger partial charge in [-0.05, 0) is 42.9 Å². The number of methoxy groups -OCH3 is 1. The number of urea groups is 1. The Morgan fingerprint density at radius 2 is 1.85 bits per heavy atom. The molecular weight excluding hydrogens is 354 g/mol. The molecule has 1 heterocycles. The van der Waals surface area contributed by atoms with Gasteiger partial charge in [0.15, 0.2) is 0 Å². The number of rotatable bonds is 7. The summed E-state index contributed by atoms with van der Waals surface area (Å²) in [6.07, 6.45) is 2.11. The Hall–Kier alpha value is -1.80. The van der Waals surface area contributed by atoms with E-state index in [1.807, 2.05) is 29.2 Å². The Balaban J connectivity index is 1.73. The zero-order valence-electron chi connectivity index (χ0n) is 15.8. The second kappa shape index (κ2) is 9.23. The number of piperidine rings is 1. The molecule has 1 N–H and O–H groups in total. The van der Waals surface area contributed by atoms with Crippen molar-refractivity contribution in [1.29, 1.82) is 0 Å². The van der Waals surface area contributed by atoms with E-state index < -0.39 is 10.0 Å². The first-order chi connectivity index (χ1) is 12.3. The van der Waals surface area contributed by atoms with Gasteiger partial charge in [0.25, 0.3) is 0 Å². The first-order valence-electron chi connectivity index (χ1n) is 8.87. The fraction of sp³-hybridized carbons (Fsp3) is 0.611. The zero-order chi connectivity index (χ0) is 19.2. The maximum Gasteiger partial charge on any atom is 0.319 e. The van der Waals surface area contributed by atoms with Crippen LogP contribution in [0.5, 0.6) is 5.75 Å². The van der Waals surface area contributed by atoms with Gasteiger partial charge in [0.05, 0.1) is 12.9 Å². The van der Waals surface area contributed by atoms with Crippen LogP contribution in [0.1, 0.15) is 18.4 Å². The summed E-state index contributed by atoms with van der Waals surface area (Å²) < 4.78 is 32.3. The Morgan fingerprint density at radius 1 is 1.23 bits per heavy atom. The minimum atomic E-state index is -3.31. The number of benzene rings is 1. The lowest BCUT2D eigenvalue weighted by molar-refractivity contribution is 0.148. The van der Waals surface area contributed by atoms with Gasteiger partial charge >= 0.3 is 6.03 Å². The van der Waals surface area contributed by atoms with Crippen LogP contribution in [-0.4, -0.2) is 70.8 Å². The van der Waals surface area contributed by atoms with E-state index in [2.05, 4.69) is 4.72 Å². The molecule has 0 unspecified atom stereocenters. The van der Waals surface area contributed by atoms with E-state index >= 15 is 0 Å². The van der Waals surface area contributed by atoms with Gasteiger partial charge in [0.2, 0.25) is 10.0 Å². The number of hydrogen-bond donors (Lipinski definition) is 1. The summed E-state index contributed by atoms with van der Waals surface area (Å²) >= 11 is 0. The van der Waals surface area contributed by atoms with Crippen molar-refractivity contribution >= 4 is 16.1 Å². The van der Waals surface area contributed by atoms with E-state index in [1.54, 1.807) is 26.1 Å². The van der Waals surface area contributed by atoms with E-state index in [0.717, 1.165) is 24.2 Å². The lowest BCUT2D eigenvalue weighted by Gasteiger charge is -2.33. The van der Waals surface area contributed by atoms with Gasteiger partial charge in [-0.3, -0.25) is 0 Å². The molecule has 1 fully saturated rings. The minimum Gasteiger partial charge on any atom is -0.497 e. The average Bonchev–Trinajstić information content (AvgIpc) is 2.65. The van der Waals surface area contributed by atoms with Gasteiger partial charge in [0, 0.05) is 33.7 Å². The molecule has 0 aromatic heterocycles. The topological polar surface area (TPSA) is 79.0 Å².